The summed E-state index contributed by atoms with van der Waals surface area (Å²) in [7, 11) is 1.54. The first-order valence-electron chi connectivity index (χ1n) is 10.5. The van der Waals surface area contributed by atoms with Crippen molar-refractivity contribution in [2.75, 3.05) is 32.1 Å². The summed E-state index contributed by atoms with van der Waals surface area (Å²) in [6.07, 6.45) is 3.48. The lowest BCUT2D eigenvalue weighted by Crippen LogP contribution is -2.40. The van der Waals surface area contributed by atoms with Gasteiger partial charge in [0.25, 0.3) is 0 Å². The Kier molecular flexibility index (Phi) is 7.07. The Balaban J connectivity index is 1.52. The number of fused-ring (bicyclic) bond motifs is 1. The van der Waals surface area contributed by atoms with E-state index in [4.69, 9.17) is 4.74 Å². The van der Waals surface area contributed by atoms with E-state index in [1.165, 1.54) is 9.80 Å². The van der Waals surface area contributed by atoms with Crippen molar-refractivity contribution in [3.05, 3.63) is 24.3 Å². The zero-order chi connectivity index (χ0) is 21.7. The number of likely N-dealkylation sites (N-methyl/N-ethyl adjacent to an activating group) is 1. The molecule has 1 saturated heterocycles. The maximum atomic E-state index is 12.6. The Hall–Kier alpha value is -2.90. The van der Waals surface area contributed by atoms with Gasteiger partial charge in [0.1, 0.15) is 5.75 Å². The van der Waals surface area contributed by atoms with Gasteiger partial charge in [-0.05, 0) is 31.9 Å². The van der Waals surface area contributed by atoms with Gasteiger partial charge in [-0.25, -0.2) is 0 Å². The number of nitrogens with zero attached hydrogens (tertiary/aromatic N) is 2. The van der Waals surface area contributed by atoms with E-state index in [0.29, 0.717) is 18.0 Å². The molecule has 1 saturated carbocycles. The van der Waals surface area contributed by atoms with Gasteiger partial charge in [-0.3, -0.25) is 24.1 Å². The van der Waals surface area contributed by atoms with Crippen LogP contribution in [0.3, 0.4) is 0 Å². The molecule has 2 aliphatic rings. The fourth-order valence-corrected chi connectivity index (χ4v) is 4.27. The fraction of sp³-hybridized carbons (Fsp3) is 0.545. The van der Waals surface area contributed by atoms with Gasteiger partial charge < -0.3 is 15.0 Å². The number of carbonyl (C=O) groups excluding carboxylic acids is 4. The van der Waals surface area contributed by atoms with Crippen LogP contribution in [-0.2, 0) is 19.2 Å². The molecule has 3 rings (SSSR count). The molecule has 8 nitrogen and oxygen atoms in total. The van der Waals surface area contributed by atoms with Gasteiger partial charge in [-0.1, -0.05) is 18.9 Å². The topological polar surface area (TPSA) is 96.0 Å². The van der Waals surface area contributed by atoms with E-state index in [-0.39, 0.29) is 55.0 Å². The van der Waals surface area contributed by atoms with Crippen LogP contribution in [0.1, 0.15) is 39.0 Å². The van der Waals surface area contributed by atoms with Crippen molar-refractivity contribution in [1.82, 2.24) is 9.80 Å². The van der Waals surface area contributed by atoms with Crippen molar-refractivity contribution in [1.29, 1.82) is 0 Å². The van der Waals surface area contributed by atoms with E-state index in [1.54, 1.807) is 38.3 Å². The molecule has 162 valence electrons. The normalized spacial score (nSPS) is 20.7. The van der Waals surface area contributed by atoms with Gasteiger partial charge in [0.2, 0.25) is 23.6 Å². The number of ether oxygens (including phenoxy) is 1. The second-order valence-corrected chi connectivity index (χ2v) is 7.76. The minimum atomic E-state index is -0.321. The highest BCUT2D eigenvalue weighted by Crippen LogP contribution is 2.38. The lowest BCUT2D eigenvalue weighted by Gasteiger charge is -2.22. The van der Waals surface area contributed by atoms with Crippen LogP contribution in [0.5, 0.6) is 5.75 Å². The largest absolute Gasteiger partial charge is 0.497 e. The van der Waals surface area contributed by atoms with Crippen molar-refractivity contribution in [2.24, 2.45) is 11.8 Å². The van der Waals surface area contributed by atoms with E-state index in [0.717, 1.165) is 25.7 Å². The molecule has 30 heavy (non-hydrogen) atoms. The highest BCUT2D eigenvalue weighted by Gasteiger charge is 2.47. The number of benzene rings is 1. The van der Waals surface area contributed by atoms with E-state index < -0.39 is 0 Å². The van der Waals surface area contributed by atoms with E-state index in [2.05, 4.69) is 5.32 Å². The zero-order valence-electron chi connectivity index (χ0n) is 17.6. The third-order valence-electron chi connectivity index (χ3n) is 5.90. The van der Waals surface area contributed by atoms with E-state index in [1.807, 2.05) is 0 Å². The molecule has 1 heterocycles. The Bertz CT molecular complexity index is 801. The Morgan fingerprint density at radius 3 is 2.43 bits per heavy atom. The molecule has 1 aliphatic carbocycles. The first-order valence-corrected chi connectivity index (χ1v) is 10.5. The molecule has 0 unspecified atom stereocenters. The zero-order valence-corrected chi connectivity index (χ0v) is 17.6. The molecule has 2 atom stereocenters. The number of amides is 4. The number of imide groups is 1. The van der Waals surface area contributed by atoms with Crippen LogP contribution in [0.2, 0.25) is 0 Å². The molecule has 4 amide bonds. The number of likely N-dealkylation sites (tertiary alicyclic amines) is 1. The predicted octanol–water partition coefficient (Wildman–Crippen LogP) is 2.05. The summed E-state index contributed by atoms with van der Waals surface area (Å²) in [5.74, 6) is -0.662. The van der Waals surface area contributed by atoms with Crippen LogP contribution in [0.15, 0.2) is 24.3 Å². The summed E-state index contributed by atoms with van der Waals surface area (Å²) in [5, 5.41) is 2.75. The standard InChI is InChI=1S/C22H29N3O5/c1-3-24(14-19(26)23-15-7-6-8-16(13-15)30-2)20(27)11-12-25-21(28)17-9-4-5-10-18(17)22(25)29/h6-8,13,17-18H,3-5,9-12,14H2,1-2H3,(H,23,26)/t17-,18+. The number of nitrogens with one attached hydrogen (secondary N) is 1. The highest BCUT2D eigenvalue weighted by molar-refractivity contribution is 6.05. The van der Waals surface area contributed by atoms with Crippen LogP contribution < -0.4 is 10.1 Å². The molecule has 1 aliphatic heterocycles. The molecule has 8 heteroatoms. The third-order valence-corrected chi connectivity index (χ3v) is 5.90. The van der Waals surface area contributed by atoms with E-state index >= 15 is 0 Å². The number of hydrogen-bond acceptors (Lipinski definition) is 5. The molecule has 0 bridgehead atoms. The smallest absolute Gasteiger partial charge is 0.243 e. The van der Waals surface area contributed by atoms with Gasteiger partial charge in [0.15, 0.2) is 0 Å². The minimum absolute atomic E-state index is 0.0250. The molecule has 1 N–H and O–H groups in total. The summed E-state index contributed by atoms with van der Waals surface area (Å²) in [5.41, 5.74) is 0.582. The third kappa shape index (κ3) is 4.80. The summed E-state index contributed by atoms with van der Waals surface area (Å²) < 4.78 is 5.13. The first kappa shape index (κ1) is 21.8. The number of carbonyl (C=O) groups is 4. The van der Waals surface area contributed by atoms with Gasteiger partial charge in [0.05, 0.1) is 25.5 Å². The second-order valence-electron chi connectivity index (χ2n) is 7.76. The maximum absolute atomic E-state index is 12.6. The Morgan fingerprint density at radius 1 is 1.17 bits per heavy atom. The molecular formula is C22H29N3O5. The minimum Gasteiger partial charge on any atom is -0.497 e. The van der Waals surface area contributed by atoms with Crippen LogP contribution in [0.4, 0.5) is 5.69 Å². The second kappa shape index (κ2) is 9.73. The Morgan fingerprint density at radius 2 is 1.83 bits per heavy atom. The summed E-state index contributed by atoms with van der Waals surface area (Å²) >= 11 is 0. The van der Waals surface area contributed by atoms with Crippen molar-refractivity contribution < 1.29 is 23.9 Å². The molecule has 1 aromatic rings. The van der Waals surface area contributed by atoms with E-state index in [9.17, 15) is 19.2 Å². The lowest BCUT2D eigenvalue weighted by atomic mass is 9.81. The average Bonchev–Trinajstić information content (AvgIpc) is 3.00. The fourth-order valence-electron chi connectivity index (χ4n) is 4.27. The van der Waals surface area contributed by atoms with Crippen molar-refractivity contribution in [3.8, 4) is 5.75 Å². The number of rotatable bonds is 8. The van der Waals surface area contributed by atoms with Crippen molar-refractivity contribution in [2.45, 2.75) is 39.0 Å². The molecule has 1 aromatic carbocycles. The van der Waals surface area contributed by atoms with Crippen LogP contribution in [0, 0.1) is 11.8 Å². The maximum Gasteiger partial charge on any atom is 0.243 e. The predicted molar refractivity (Wildman–Crippen MR) is 111 cm³/mol. The van der Waals surface area contributed by atoms with Crippen molar-refractivity contribution in [3.63, 3.8) is 0 Å². The van der Waals surface area contributed by atoms with Crippen LogP contribution in [0.25, 0.3) is 0 Å². The molecule has 0 radical (unpaired) electrons. The number of methoxy groups -OCH3 is 1. The molecule has 0 spiro atoms. The van der Waals surface area contributed by atoms with Gasteiger partial charge >= 0.3 is 0 Å². The van der Waals surface area contributed by atoms with Crippen LogP contribution in [-0.4, -0.2) is 60.2 Å². The van der Waals surface area contributed by atoms with Crippen molar-refractivity contribution >= 4 is 29.3 Å². The monoisotopic (exact) mass is 415 g/mol. The molecule has 0 aromatic heterocycles. The quantitative estimate of drug-likeness (QED) is 0.656. The summed E-state index contributed by atoms with van der Waals surface area (Å²) in [6.45, 7) is 2.13. The molecular weight excluding hydrogens is 386 g/mol. The lowest BCUT2D eigenvalue weighted by molar-refractivity contribution is -0.141. The van der Waals surface area contributed by atoms with Crippen LogP contribution >= 0.6 is 0 Å². The summed E-state index contributed by atoms with van der Waals surface area (Å²) in [6, 6.07) is 6.97. The SMILES string of the molecule is CCN(CC(=O)Nc1cccc(OC)c1)C(=O)CCN1C(=O)[C@H]2CCCC[C@H]2C1=O. The van der Waals surface area contributed by atoms with Gasteiger partial charge in [-0.15, -0.1) is 0 Å². The first-order chi connectivity index (χ1) is 14.4. The summed E-state index contributed by atoms with van der Waals surface area (Å²) in [4.78, 5) is 52.7. The average molecular weight is 415 g/mol. The molecule has 2 fully saturated rings. The highest BCUT2D eigenvalue weighted by atomic mass is 16.5. The Labute approximate surface area is 176 Å². The van der Waals surface area contributed by atoms with Gasteiger partial charge in [0, 0.05) is 31.3 Å². The number of hydrogen-bond donors (Lipinski definition) is 1. The number of anilines is 1. The van der Waals surface area contributed by atoms with Gasteiger partial charge in [-0.2, -0.15) is 0 Å².